The van der Waals surface area contributed by atoms with E-state index >= 15 is 0 Å². The van der Waals surface area contributed by atoms with E-state index < -0.39 is 17.6 Å². The van der Waals surface area contributed by atoms with Gasteiger partial charge in [0, 0.05) is 28.5 Å². The maximum atomic E-state index is 13.7. The Kier molecular flexibility index (Phi) is 13.2. The van der Waals surface area contributed by atoms with Crippen LogP contribution in [-0.4, -0.2) is 62.2 Å². The van der Waals surface area contributed by atoms with E-state index in [0.29, 0.717) is 24.4 Å². The Morgan fingerprint density at radius 1 is 1.07 bits per heavy atom. The normalized spacial score (nSPS) is 12.5. The van der Waals surface area contributed by atoms with E-state index in [0.717, 1.165) is 35.2 Å². The summed E-state index contributed by atoms with van der Waals surface area (Å²) in [6, 6.07) is 10.9. The van der Waals surface area contributed by atoms with E-state index in [1.807, 2.05) is 58.9 Å². The fourth-order valence-electron chi connectivity index (χ4n) is 4.17. The zero-order valence-electron chi connectivity index (χ0n) is 26.6. The molecule has 232 valence electrons. The highest BCUT2D eigenvalue weighted by Crippen LogP contribution is 2.28. The molecule has 0 fully saturated rings. The summed E-state index contributed by atoms with van der Waals surface area (Å²) >= 11 is 0. The highest BCUT2D eigenvalue weighted by Gasteiger charge is 2.45. The first kappa shape index (κ1) is 34.8. The number of aryl methyl sites for hydroxylation is 2. The molecule has 1 atom stereocenters. The second kappa shape index (κ2) is 16.3. The largest absolute Gasteiger partial charge is 0.464 e. The second-order valence-corrected chi connectivity index (χ2v) is 10.5. The topological polar surface area (TPSA) is 135 Å². The zero-order valence-corrected chi connectivity index (χ0v) is 26.6. The fraction of sp³-hybridized carbons (Fsp3) is 0.455. The maximum Gasteiger partial charge on any atom is 0.435 e. The van der Waals surface area contributed by atoms with Crippen molar-refractivity contribution in [2.24, 2.45) is 10.7 Å². The van der Waals surface area contributed by atoms with Gasteiger partial charge < -0.3 is 25.4 Å². The van der Waals surface area contributed by atoms with E-state index in [1.165, 1.54) is 0 Å². The lowest BCUT2D eigenvalue weighted by Gasteiger charge is -2.36. The van der Waals surface area contributed by atoms with Gasteiger partial charge in [-0.2, -0.15) is 4.99 Å². The Morgan fingerprint density at radius 2 is 1.74 bits per heavy atom. The van der Waals surface area contributed by atoms with Crippen LogP contribution in [0.1, 0.15) is 69.7 Å². The Hall–Kier alpha value is -4.36. The molecule has 43 heavy (non-hydrogen) atoms. The highest BCUT2D eigenvalue weighted by molar-refractivity contribution is 6.14. The van der Waals surface area contributed by atoms with Gasteiger partial charge in [0.15, 0.2) is 5.54 Å². The van der Waals surface area contributed by atoms with E-state index in [4.69, 9.17) is 15.2 Å². The molecule has 2 rings (SSSR count). The number of benzene rings is 2. The van der Waals surface area contributed by atoms with Crippen molar-refractivity contribution in [3.8, 4) is 11.8 Å². The Labute approximate surface area is 255 Å². The van der Waals surface area contributed by atoms with Gasteiger partial charge in [-0.3, -0.25) is 10.1 Å². The number of likely N-dealkylation sites (N-methyl/N-ethyl adjacent to an activating group) is 1. The lowest BCUT2D eigenvalue weighted by molar-refractivity contribution is -0.154. The predicted molar refractivity (Wildman–Crippen MR) is 171 cm³/mol. The number of ether oxygens (including phenoxy) is 2. The van der Waals surface area contributed by atoms with Crippen molar-refractivity contribution in [1.29, 1.82) is 0 Å². The first-order chi connectivity index (χ1) is 20.4. The van der Waals surface area contributed by atoms with Crippen LogP contribution >= 0.6 is 0 Å². The third kappa shape index (κ3) is 9.32. The molecule has 0 aliphatic rings. The highest BCUT2D eigenvalue weighted by atomic mass is 16.5. The molecule has 0 saturated heterocycles. The molecule has 1 unspecified atom stereocenters. The number of hydrogen-bond donors (Lipinski definition) is 3. The van der Waals surface area contributed by atoms with Crippen molar-refractivity contribution < 1.29 is 23.9 Å². The number of unbranched alkanes of at least 4 members (excludes halogenated alkanes) is 1. The molecule has 2 amide bonds. The van der Waals surface area contributed by atoms with Crippen LogP contribution in [0, 0.1) is 25.7 Å². The first-order valence-electron chi connectivity index (χ1n) is 14.5. The van der Waals surface area contributed by atoms with Crippen LogP contribution in [0.4, 0.5) is 16.2 Å². The number of nitrogens with two attached hydrogens (primary N) is 1. The Morgan fingerprint density at radius 3 is 2.33 bits per heavy atom. The Bertz CT molecular complexity index is 1370. The minimum Gasteiger partial charge on any atom is -0.464 e. The summed E-state index contributed by atoms with van der Waals surface area (Å²) in [5, 5.41) is 6.10. The molecule has 0 bridgehead atoms. The number of esters is 1. The SMILES string of the molecule is CCCCOC(=O)N=C(N)c1ccc(NCC#Cc2cc(C)c(N(C(=O)C(C)(NC)C(=O)OCC)C(C)C)cc2C)cc1. The van der Waals surface area contributed by atoms with E-state index in [-0.39, 0.29) is 24.4 Å². The molecule has 10 heteroatoms. The average Bonchev–Trinajstić information content (AvgIpc) is 2.97. The number of carbonyl (C=O) groups excluding carboxylic acids is 3. The van der Waals surface area contributed by atoms with Gasteiger partial charge in [-0.05, 0) is 103 Å². The monoisotopic (exact) mass is 591 g/mol. The smallest absolute Gasteiger partial charge is 0.435 e. The summed E-state index contributed by atoms with van der Waals surface area (Å²) in [5.41, 5.74) is 9.17. The number of anilines is 2. The van der Waals surface area contributed by atoms with Crippen molar-refractivity contribution >= 4 is 35.2 Å². The van der Waals surface area contributed by atoms with Crippen molar-refractivity contribution in [2.75, 3.05) is 37.0 Å². The third-order valence-corrected chi connectivity index (χ3v) is 6.87. The van der Waals surface area contributed by atoms with Crippen LogP contribution in [0.25, 0.3) is 0 Å². The number of aliphatic imine (C=N–C) groups is 1. The minimum atomic E-state index is -1.53. The molecule has 0 saturated carbocycles. The minimum absolute atomic E-state index is 0.0938. The summed E-state index contributed by atoms with van der Waals surface area (Å²) < 4.78 is 10.2. The molecule has 10 nitrogen and oxygen atoms in total. The lowest BCUT2D eigenvalue weighted by Crippen LogP contribution is -2.62. The number of nitrogens with one attached hydrogen (secondary N) is 2. The zero-order chi connectivity index (χ0) is 32.2. The van der Waals surface area contributed by atoms with Gasteiger partial charge in [-0.1, -0.05) is 25.2 Å². The molecule has 4 N–H and O–H groups in total. The molecular weight excluding hydrogens is 546 g/mol. The molecule has 0 aliphatic heterocycles. The quantitative estimate of drug-likeness (QED) is 0.0808. The third-order valence-electron chi connectivity index (χ3n) is 6.87. The number of amidine groups is 1. The molecular formula is C33H45N5O5. The molecule has 0 aromatic heterocycles. The summed E-state index contributed by atoms with van der Waals surface area (Å²) in [7, 11) is 1.57. The number of nitrogens with zero attached hydrogens (tertiary/aromatic N) is 2. The van der Waals surface area contributed by atoms with Crippen LogP contribution in [-0.2, 0) is 19.1 Å². The van der Waals surface area contributed by atoms with Crippen molar-refractivity contribution in [1.82, 2.24) is 5.32 Å². The maximum absolute atomic E-state index is 13.7. The Balaban J connectivity index is 2.15. The van der Waals surface area contributed by atoms with E-state index in [1.54, 1.807) is 37.9 Å². The van der Waals surface area contributed by atoms with Gasteiger partial charge in [0.05, 0.1) is 19.8 Å². The number of rotatable bonds is 12. The van der Waals surface area contributed by atoms with Gasteiger partial charge in [0.25, 0.3) is 5.91 Å². The molecule has 0 radical (unpaired) electrons. The first-order valence-corrected chi connectivity index (χ1v) is 14.5. The van der Waals surface area contributed by atoms with Crippen molar-refractivity contribution in [3.05, 3.63) is 58.7 Å². The van der Waals surface area contributed by atoms with Crippen LogP contribution in [0.2, 0.25) is 0 Å². The molecule has 2 aromatic carbocycles. The molecule has 0 spiro atoms. The van der Waals surface area contributed by atoms with Crippen LogP contribution < -0.4 is 21.3 Å². The van der Waals surface area contributed by atoms with Gasteiger partial charge >= 0.3 is 12.1 Å². The second-order valence-electron chi connectivity index (χ2n) is 10.5. The van der Waals surface area contributed by atoms with Crippen LogP contribution in [0.3, 0.4) is 0 Å². The summed E-state index contributed by atoms with van der Waals surface area (Å²) in [6.45, 7) is 13.8. The van der Waals surface area contributed by atoms with Crippen LogP contribution in [0.15, 0.2) is 41.4 Å². The number of carbonyl (C=O) groups is 3. The molecule has 2 aromatic rings. The van der Waals surface area contributed by atoms with E-state index in [2.05, 4.69) is 27.5 Å². The van der Waals surface area contributed by atoms with Gasteiger partial charge in [-0.25, -0.2) is 9.59 Å². The van der Waals surface area contributed by atoms with Gasteiger partial charge in [-0.15, -0.1) is 0 Å². The predicted octanol–water partition coefficient (Wildman–Crippen LogP) is 4.69. The number of amides is 2. The van der Waals surface area contributed by atoms with Crippen LogP contribution in [0.5, 0.6) is 0 Å². The van der Waals surface area contributed by atoms with Crippen molar-refractivity contribution in [2.45, 2.75) is 72.9 Å². The summed E-state index contributed by atoms with van der Waals surface area (Å²) in [6.07, 6.45) is 1.01. The van der Waals surface area contributed by atoms with Gasteiger partial charge in [0.2, 0.25) is 0 Å². The van der Waals surface area contributed by atoms with E-state index in [9.17, 15) is 14.4 Å². The summed E-state index contributed by atoms with van der Waals surface area (Å²) in [4.78, 5) is 43.6. The average molecular weight is 592 g/mol. The lowest BCUT2D eigenvalue weighted by atomic mass is 9.97. The number of hydrogen-bond acceptors (Lipinski definition) is 7. The molecule has 0 heterocycles. The van der Waals surface area contributed by atoms with Crippen molar-refractivity contribution in [3.63, 3.8) is 0 Å². The molecule has 0 aliphatic carbocycles. The van der Waals surface area contributed by atoms with Gasteiger partial charge in [0.1, 0.15) is 5.84 Å². The standard InChI is InChI=1S/C33H45N5O5/c1-9-11-19-43-32(41)37-29(34)25-14-16-27(17-15-25)36-18-12-13-26-20-24(6)28(21-23(26)5)38(22(3)4)30(39)33(7,35-8)31(40)42-10-2/h14-17,20-22,35-36H,9-11,18-19H2,1-8H3,(H2,34,37,41). The summed E-state index contributed by atoms with van der Waals surface area (Å²) in [5.74, 6) is 5.43. The fourth-order valence-corrected chi connectivity index (χ4v) is 4.17.